The number of nitrogens with zero attached hydrogens (tertiary/aromatic N) is 1. The molecule has 2 rings (SSSR count). The molecule has 0 radical (unpaired) electrons. The monoisotopic (exact) mass is 915 g/mol. The van der Waals surface area contributed by atoms with Gasteiger partial charge in [0.05, 0.1) is 64.8 Å². The maximum absolute atomic E-state index is 13.7. The second kappa shape index (κ2) is 27.0. The minimum Gasteiger partial charge on any atom is -0.465 e. The molecule has 1 heterocycles. The Kier molecular flexibility index (Phi) is 23.1. The van der Waals surface area contributed by atoms with Crippen molar-refractivity contribution >= 4 is 61.1 Å². The largest absolute Gasteiger partial charge is 0.475 e. The van der Waals surface area contributed by atoms with Crippen molar-refractivity contribution in [1.82, 2.24) is 10.6 Å². The van der Waals surface area contributed by atoms with E-state index in [1.165, 1.54) is 0 Å². The lowest BCUT2D eigenvalue weighted by molar-refractivity contribution is -0.313. The highest BCUT2D eigenvalue weighted by Crippen LogP contribution is 2.49. The number of methoxy groups -OCH3 is 1. The number of carbonyl (C=O) groups excluding carboxylic acids is 7. The van der Waals surface area contributed by atoms with Gasteiger partial charge in [-0.05, 0) is 37.0 Å². The summed E-state index contributed by atoms with van der Waals surface area (Å²) in [7, 11) is -3.07. The fourth-order valence-corrected chi connectivity index (χ4v) is 7.08. The van der Waals surface area contributed by atoms with E-state index < -0.39 is 105 Å². The van der Waals surface area contributed by atoms with E-state index in [1.807, 2.05) is 6.07 Å². The van der Waals surface area contributed by atoms with Crippen molar-refractivity contribution in [3.63, 3.8) is 0 Å². The van der Waals surface area contributed by atoms with Crippen molar-refractivity contribution in [3.05, 3.63) is 34.9 Å². The molecule has 2 amide bonds. The molecule has 1 aromatic rings. The number of phosphoric ester groups is 1. The predicted molar refractivity (Wildman–Crippen MR) is 212 cm³/mol. The molecule has 1 fully saturated rings. The van der Waals surface area contributed by atoms with Gasteiger partial charge in [0.2, 0.25) is 5.91 Å². The third kappa shape index (κ3) is 18.9. The minimum absolute atomic E-state index is 0.0809. The molecule has 342 valence electrons. The lowest BCUT2D eigenvalue weighted by atomic mass is 9.87. The molecular formula is C39H51ClN3O18P. The predicted octanol–water partition coefficient (Wildman–Crippen LogP) is 2.39. The quantitative estimate of drug-likeness (QED) is 0.0444. The number of terminal acetylenes is 1. The van der Waals surface area contributed by atoms with E-state index in [-0.39, 0.29) is 52.1 Å². The summed E-state index contributed by atoms with van der Waals surface area (Å²) < 4.78 is 67.4. The Morgan fingerprint density at radius 1 is 0.919 bits per heavy atom. The Morgan fingerprint density at radius 2 is 1.58 bits per heavy atom. The Hall–Kier alpha value is -5.12. The fourth-order valence-electron chi connectivity index (χ4n) is 5.83. The molecule has 1 aromatic carbocycles. The van der Waals surface area contributed by atoms with Gasteiger partial charge in [0.1, 0.15) is 18.8 Å². The van der Waals surface area contributed by atoms with Crippen LogP contribution in [0.1, 0.15) is 65.4 Å². The third-order valence-electron chi connectivity index (χ3n) is 8.33. The summed E-state index contributed by atoms with van der Waals surface area (Å²) >= 11 is 5.96. The van der Waals surface area contributed by atoms with Crippen molar-refractivity contribution in [1.29, 1.82) is 5.26 Å². The van der Waals surface area contributed by atoms with E-state index in [1.54, 1.807) is 24.3 Å². The van der Waals surface area contributed by atoms with Crippen LogP contribution in [0.4, 0.5) is 0 Å². The first kappa shape index (κ1) is 53.0. The van der Waals surface area contributed by atoms with Crippen LogP contribution >= 0.6 is 19.4 Å². The highest BCUT2D eigenvalue weighted by atomic mass is 35.5. The van der Waals surface area contributed by atoms with Crippen LogP contribution in [0.5, 0.6) is 0 Å². The molecular weight excluding hydrogens is 865 g/mol. The van der Waals surface area contributed by atoms with E-state index in [0.717, 1.165) is 34.8 Å². The Balaban J connectivity index is 2.51. The van der Waals surface area contributed by atoms with Crippen LogP contribution in [0.25, 0.3) is 0 Å². The van der Waals surface area contributed by atoms with E-state index in [0.29, 0.717) is 17.0 Å². The molecule has 0 saturated carbocycles. The van der Waals surface area contributed by atoms with E-state index in [2.05, 4.69) is 16.6 Å². The second-order valence-corrected chi connectivity index (χ2v) is 15.4. The van der Waals surface area contributed by atoms with E-state index in [4.69, 9.17) is 70.0 Å². The van der Waals surface area contributed by atoms with Gasteiger partial charge in [0.25, 0.3) is 11.7 Å². The summed E-state index contributed by atoms with van der Waals surface area (Å²) in [6.07, 6.45) is -1.66. The highest BCUT2D eigenvalue weighted by molar-refractivity contribution is 7.48. The van der Waals surface area contributed by atoms with Gasteiger partial charge in [-0.3, -0.25) is 42.3 Å². The van der Waals surface area contributed by atoms with Crippen LogP contribution in [0.2, 0.25) is 5.02 Å². The molecule has 21 nitrogen and oxygen atoms in total. The van der Waals surface area contributed by atoms with Gasteiger partial charge in [-0.25, -0.2) is 9.36 Å². The number of hydrogen-bond donors (Lipinski definition) is 2. The molecule has 62 heavy (non-hydrogen) atoms. The number of benzene rings is 1. The maximum atomic E-state index is 13.7. The molecule has 2 N–H and O–H groups in total. The Bertz CT molecular complexity index is 1840. The summed E-state index contributed by atoms with van der Waals surface area (Å²) in [6.45, 7) is 1.79. The smallest absolute Gasteiger partial charge is 0.465 e. The topological polar surface area (TPSA) is 277 Å². The molecule has 7 atom stereocenters. The van der Waals surface area contributed by atoms with Crippen LogP contribution in [0.3, 0.4) is 0 Å². The number of nitriles is 1. The number of hydrogen-bond acceptors (Lipinski definition) is 19. The SMILES string of the molecule is C#CCOP(=O)(OCCC#N)OCCCCCO[C@]1(C(=O)OC)C[C@H](OC(C)=O)[C@@H](NC(=O)COC(C)=O)[C@H]([C@H](OC(C)=O)[C@@H](CNC(=O)Cc2ccc(Cl)cc2)OC(C)=O)O1. The Morgan fingerprint density at radius 3 is 2.18 bits per heavy atom. The second-order valence-electron chi connectivity index (χ2n) is 13.3. The van der Waals surface area contributed by atoms with Gasteiger partial charge < -0.3 is 43.8 Å². The van der Waals surface area contributed by atoms with Crippen LogP contribution in [-0.4, -0.2) is 125 Å². The first-order chi connectivity index (χ1) is 29.4. The molecule has 0 bridgehead atoms. The van der Waals surface area contributed by atoms with Gasteiger partial charge in [-0.15, -0.1) is 6.42 Å². The lowest BCUT2D eigenvalue weighted by Gasteiger charge is -2.48. The van der Waals surface area contributed by atoms with Crippen molar-refractivity contribution in [2.24, 2.45) is 0 Å². The summed E-state index contributed by atoms with van der Waals surface area (Å²) in [5.41, 5.74) is 0.575. The van der Waals surface area contributed by atoms with Crippen molar-refractivity contribution < 1.29 is 84.9 Å². The standard InChI is InChI=1S/C39H51ClN3O18P/c1-7-17-55-62(51,57-20-11-16-41)56-19-10-8-9-18-54-39(38(50)52-6)22-31(58-26(3)45)35(43-34(49)24-53-25(2)44)37(61-39)36(60-28(5)47)32(59-27(4)46)23-42-33(48)21-29-12-14-30(40)15-13-29/h1,12-15,31-32,35-37H,8-11,17-24H2,2-6H3,(H,42,48)(H,43,49)/t31-,32+,35+,36+,37+,39+,62?/m0/s1. The molecule has 0 aliphatic carbocycles. The van der Waals surface area contributed by atoms with Crippen molar-refractivity contribution in [2.45, 2.75) is 102 Å². The van der Waals surface area contributed by atoms with Crippen LogP contribution in [0.15, 0.2) is 24.3 Å². The summed E-state index contributed by atoms with van der Waals surface area (Å²) in [6, 6.07) is 6.69. The number of nitrogens with one attached hydrogen (secondary N) is 2. The van der Waals surface area contributed by atoms with E-state index >= 15 is 0 Å². The molecule has 1 aliphatic heterocycles. The number of carbonyl (C=O) groups is 7. The van der Waals surface area contributed by atoms with Gasteiger partial charge in [-0.2, -0.15) is 5.26 Å². The average molecular weight is 916 g/mol. The zero-order valence-electron chi connectivity index (χ0n) is 34.9. The third-order valence-corrected chi connectivity index (χ3v) is 10.0. The van der Waals surface area contributed by atoms with Crippen molar-refractivity contribution in [2.75, 3.05) is 46.7 Å². The molecule has 0 aromatic heterocycles. The minimum atomic E-state index is -4.08. The number of rotatable bonds is 26. The van der Waals surface area contributed by atoms with E-state index in [9.17, 15) is 38.1 Å². The summed E-state index contributed by atoms with van der Waals surface area (Å²) in [5, 5.41) is 14.3. The van der Waals surface area contributed by atoms with Crippen LogP contribution < -0.4 is 10.6 Å². The average Bonchev–Trinajstić information content (AvgIpc) is 3.20. The lowest BCUT2D eigenvalue weighted by Crippen LogP contribution is -2.70. The number of ether oxygens (including phenoxy) is 7. The van der Waals surface area contributed by atoms with Gasteiger partial charge >= 0.3 is 37.7 Å². The first-order valence-electron chi connectivity index (χ1n) is 19.1. The molecule has 1 aliphatic rings. The molecule has 23 heteroatoms. The Labute approximate surface area is 363 Å². The van der Waals surface area contributed by atoms with Crippen molar-refractivity contribution in [3.8, 4) is 18.4 Å². The highest BCUT2D eigenvalue weighted by Gasteiger charge is 2.59. The zero-order valence-corrected chi connectivity index (χ0v) is 36.5. The fraction of sp³-hybridized carbons (Fsp3) is 0.590. The molecule has 1 saturated heterocycles. The summed E-state index contributed by atoms with van der Waals surface area (Å²) in [4.78, 5) is 89.4. The number of halogens is 1. The first-order valence-corrected chi connectivity index (χ1v) is 20.9. The van der Waals surface area contributed by atoms with Gasteiger partial charge in [0.15, 0.2) is 18.8 Å². The van der Waals surface area contributed by atoms with Crippen LogP contribution in [-0.2, 0) is 91.3 Å². The van der Waals surface area contributed by atoms with Crippen LogP contribution in [0, 0.1) is 23.7 Å². The number of amides is 2. The normalized spacial score (nSPS) is 20.0. The van der Waals surface area contributed by atoms with Gasteiger partial charge in [0, 0.05) is 32.7 Å². The number of esters is 5. The molecule has 0 spiro atoms. The zero-order chi connectivity index (χ0) is 46.3. The maximum Gasteiger partial charge on any atom is 0.475 e. The molecule has 1 unspecified atom stereocenters. The number of phosphoric acid groups is 1. The number of unbranched alkanes of at least 4 members (excludes halogenated alkanes) is 2. The summed E-state index contributed by atoms with van der Waals surface area (Å²) in [5.74, 6) is -6.57. The van der Waals surface area contributed by atoms with Gasteiger partial charge in [-0.1, -0.05) is 29.7 Å².